The summed E-state index contributed by atoms with van der Waals surface area (Å²) < 4.78 is 5.42. The molecule has 0 aromatic carbocycles. The Hall–Kier alpha value is -0.810. The molecule has 134 valence electrons. The molecule has 0 bridgehead atoms. The zero-order valence-corrected chi connectivity index (χ0v) is 15.0. The van der Waals surface area contributed by atoms with E-state index in [1.165, 1.54) is 32.1 Å². The molecular weight excluding hydrogens is 292 g/mol. The first-order valence-electron chi connectivity index (χ1n) is 9.27. The number of ether oxygens (including phenoxy) is 1. The van der Waals surface area contributed by atoms with Gasteiger partial charge in [0.05, 0.1) is 6.10 Å². The molecule has 0 spiro atoms. The number of nitrogens with one attached hydrogen (secondary N) is 1. The molecule has 1 saturated carbocycles. The van der Waals surface area contributed by atoms with E-state index in [-0.39, 0.29) is 24.3 Å². The van der Waals surface area contributed by atoms with Gasteiger partial charge in [0.2, 0.25) is 0 Å². The van der Waals surface area contributed by atoms with Crippen LogP contribution in [0.15, 0.2) is 0 Å². The lowest BCUT2D eigenvalue weighted by Crippen LogP contribution is -2.56. The first-order chi connectivity index (χ1) is 10.8. The zero-order valence-electron chi connectivity index (χ0n) is 15.0. The summed E-state index contributed by atoms with van der Waals surface area (Å²) in [5, 5.41) is 13.2. The first-order valence-corrected chi connectivity index (χ1v) is 9.27. The van der Waals surface area contributed by atoms with Gasteiger partial charge in [0.15, 0.2) is 0 Å². The van der Waals surface area contributed by atoms with E-state index >= 15 is 0 Å². The molecule has 23 heavy (non-hydrogen) atoms. The molecule has 3 atom stereocenters. The molecule has 0 aromatic heterocycles. The van der Waals surface area contributed by atoms with Crippen molar-refractivity contribution in [2.75, 3.05) is 13.1 Å². The van der Waals surface area contributed by atoms with Crippen LogP contribution in [0.25, 0.3) is 0 Å². The van der Waals surface area contributed by atoms with E-state index in [4.69, 9.17) is 4.74 Å². The van der Waals surface area contributed by atoms with Crippen molar-refractivity contribution in [2.24, 2.45) is 0 Å². The van der Waals surface area contributed by atoms with Crippen molar-refractivity contribution in [1.82, 2.24) is 10.2 Å². The third kappa shape index (κ3) is 6.30. The van der Waals surface area contributed by atoms with Gasteiger partial charge in [-0.1, -0.05) is 19.3 Å². The van der Waals surface area contributed by atoms with Crippen LogP contribution in [0.2, 0.25) is 0 Å². The topological polar surface area (TPSA) is 61.8 Å². The minimum atomic E-state index is -0.478. The minimum Gasteiger partial charge on any atom is -0.444 e. The highest BCUT2D eigenvalue weighted by molar-refractivity contribution is 5.68. The monoisotopic (exact) mass is 326 g/mol. The highest BCUT2D eigenvalue weighted by atomic mass is 16.6. The standard InChI is InChI=1S/C18H34N2O3/c1-18(2,3)23-17(22)19-15-10-9-14(21)13-16(15)20-11-7-5-4-6-8-12-20/h14-16,21H,4-13H2,1-3H3,(H,19,22). The smallest absolute Gasteiger partial charge is 0.407 e. The zero-order chi connectivity index (χ0) is 16.9. The highest BCUT2D eigenvalue weighted by Gasteiger charge is 2.35. The molecule has 1 heterocycles. The predicted molar refractivity (Wildman–Crippen MR) is 91.5 cm³/mol. The maximum absolute atomic E-state index is 12.1. The molecule has 1 saturated heterocycles. The van der Waals surface area contributed by atoms with Gasteiger partial charge in [0.25, 0.3) is 0 Å². The molecule has 2 N–H and O–H groups in total. The van der Waals surface area contributed by atoms with Gasteiger partial charge in [-0.15, -0.1) is 0 Å². The van der Waals surface area contributed by atoms with Crippen LogP contribution < -0.4 is 5.32 Å². The molecule has 5 heteroatoms. The lowest BCUT2D eigenvalue weighted by Gasteiger charge is -2.42. The van der Waals surface area contributed by atoms with E-state index < -0.39 is 5.60 Å². The van der Waals surface area contributed by atoms with E-state index in [1.807, 2.05) is 20.8 Å². The van der Waals surface area contributed by atoms with Crippen molar-refractivity contribution in [2.45, 2.75) is 95.9 Å². The molecule has 3 unspecified atom stereocenters. The van der Waals surface area contributed by atoms with E-state index in [1.54, 1.807) is 0 Å². The van der Waals surface area contributed by atoms with Crippen LogP contribution in [0.5, 0.6) is 0 Å². The summed E-state index contributed by atoms with van der Waals surface area (Å²) in [5.74, 6) is 0. The number of carbonyl (C=O) groups is 1. The van der Waals surface area contributed by atoms with Crippen LogP contribution >= 0.6 is 0 Å². The fourth-order valence-electron chi connectivity index (χ4n) is 3.76. The number of hydrogen-bond acceptors (Lipinski definition) is 4. The number of hydrogen-bond donors (Lipinski definition) is 2. The summed E-state index contributed by atoms with van der Waals surface area (Å²) in [4.78, 5) is 14.6. The number of likely N-dealkylation sites (tertiary alicyclic amines) is 1. The molecule has 1 aliphatic heterocycles. The Morgan fingerprint density at radius 1 is 1.09 bits per heavy atom. The Bertz CT molecular complexity index is 373. The Labute approximate surface area is 140 Å². The second kappa shape index (κ2) is 8.34. The van der Waals surface area contributed by atoms with Crippen molar-refractivity contribution >= 4 is 6.09 Å². The fourth-order valence-corrected chi connectivity index (χ4v) is 3.76. The van der Waals surface area contributed by atoms with Gasteiger partial charge >= 0.3 is 6.09 Å². The van der Waals surface area contributed by atoms with E-state index in [2.05, 4.69) is 10.2 Å². The van der Waals surface area contributed by atoms with Crippen molar-refractivity contribution < 1.29 is 14.6 Å². The van der Waals surface area contributed by atoms with Crippen LogP contribution in [0, 0.1) is 0 Å². The molecule has 2 aliphatic rings. The summed E-state index contributed by atoms with van der Waals surface area (Å²) in [6, 6.07) is 0.303. The van der Waals surface area contributed by atoms with Crippen LogP contribution in [-0.2, 0) is 4.74 Å². The minimum absolute atomic E-state index is 0.0766. The van der Waals surface area contributed by atoms with Crippen molar-refractivity contribution in [3.63, 3.8) is 0 Å². The molecule has 5 nitrogen and oxygen atoms in total. The van der Waals surface area contributed by atoms with Crippen molar-refractivity contribution in [3.8, 4) is 0 Å². The molecule has 2 fully saturated rings. The van der Waals surface area contributed by atoms with E-state index in [9.17, 15) is 9.90 Å². The second-order valence-corrected chi connectivity index (χ2v) is 8.09. The van der Waals surface area contributed by atoms with Crippen LogP contribution in [-0.4, -0.2) is 53.0 Å². The number of aliphatic hydroxyl groups excluding tert-OH is 1. The molecular formula is C18H34N2O3. The van der Waals surface area contributed by atoms with Gasteiger partial charge in [0.1, 0.15) is 5.60 Å². The summed E-state index contributed by atoms with van der Waals surface area (Å²) in [5.41, 5.74) is -0.478. The van der Waals surface area contributed by atoms with Gasteiger partial charge in [-0.05, 0) is 66.0 Å². The normalized spacial score (nSPS) is 31.0. The maximum atomic E-state index is 12.1. The van der Waals surface area contributed by atoms with E-state index in [0.29, 0.717) is 0 Å². The maximum Gasteiger partial charge on any atom is 0.407 e. The Balaban J connectivity index is 1.98. The molecule has 2 rings (SSSR count). The van der Waals surface area contributed by atoms with E-state index in [0.717, 1.165) is 32.4 Å². The lowest BCUT2D eigenvalue weighted by molar-refractivity contribution is 0.0211. The largest absolute Gasteiger partial charge is 0.444 e. The average Bonchev–Trinajstić information content (AvgIpc) is 2.38. The highest BCUT2D eigenvalue weighted by Crippen LogP contribution is 2.26. The quantitative estimate of drug-likeness (QED) is 0.819. The van der Waals surface area contributed by atoms with Gasteiger partial charge < -0.3 is 15.2 Å². The third-order valence-corrected chi connectivity index (χ3v) is 4.85. The summed E-state index contributed by atoms with van der Waals surface area (Å²) in [7, 11) is 0. The predicted octanol–water partition coefficient (Wildman–Crippen LogP) is 3.06. The fraction of sp³-hybridized carbons (Fsp3) is 0.944. The average molecular weight is 326 g/mol. The Morgan fingerprint density at radius 3 is 2.30 bits per heavy atom. The van der Waals surface area contributed by atoms with Gasteiger partial charge in [-0.3, -0.25) is 4.90 Å². The van der Waals surface area contributed by atoms with Crippen molar-refractivity contribution in [3.05, 3.63) is 0 Å². The molecule has 0 aromatic rings. The second-order valence-electron chi connectivity index (χ2n) is 8.09. The molecule has 0 radical (unpaired) electrons. The SMILES string of the molecule is CC(C)(C)OC(=O)NC1CCC(O)CC1N1CCCCCCC1. The summed E-state index contributed by atoms with van der Waals surface area (Å²) >= 11 is 0. The molecule has 1 amide bonds. The first kappa shape index (κ1) is 18.5. The number of amides is 1. The van der Waals surface area contributed by atoms with Gasteiger partial charge in [-0.2, -0.15) is 0 Å². The number of nitrogens with zero attached hydrogens (tertiary/aromatic N) is 1. The summed E-state index contributed by atoms with van der Waals surface area (Å²) in [6.07, 6.45) is 8.08. The lowest BCUT2D eigenvalue weighted by atomic mass is 9.86. The van der Waals surface area contributed by atoms with Gasteiger partial charge in [-0.25, -0.2) is 4.79 Å². The number of alkyl carbamates (subject to hydrolysis) is 1. The summed E-state index contributed by atoms with van der Waals surface area (Å²) in [6.45, 7) is 7.79. The van der Waals surface area contributed by atoms with Crippen molar-refractivity contribution in [1.29, 1.82) is 0 Å². The Kier molecular flexibility index (Phi) is 6.72. The van der Waals surface area contributed by atoms with Crippen LogP contribution in [0.1, 0.15) is 72.1 Å². The number of aliphatic hydroxyl groups is 1. The van der Waals surface area contributed by atoms with Crippen LogP contribution in [0.4, 0.5) is 4.79 Å². The third-order valence-electron chi connectivity index (χ3n) is 4.85. The number of rotatable bonds is 2. The Morgan fingerprint density at radius 2 is 1.70 bits per heavy atom. The van der Waals surface area contributed by atoms with Crippen LogP contribution in [0.3, 0.4) is 0 Å². The number of carbonyl (C=O) groups excluding carboxylic acids is 1. The van der Waals surface area contributed by atoms with Gasteiger partial charge in [0, 0.05) is 12.1 Å². The molecule has 1 aliphatic carbocycles.